The summed E-state index contributed by atoms with van der Waals surface area (Å²) in [6.07, 6.45) is 0.882. The van der Waals surface area contributed by atoms with Crippen molar-refractivity contribution in [1.82, 2.24) is 14.8 Å². The largest absolute Gasteiger partial charge is 0.457 e. The summed E-state index contributed by atoms with van der Waals surface area (Å²) in [6.45, 7) is 2.24. The number of hydrogen-bond donors (Lipinski definition) is 0. The predicted octanol–water partition coefficient (Wildman–Crippen LogP) is 3.70. The highest BCUT2D eigenvalue weighted by molar-refractivity contribution is 7.12. The lowest BCUT2D eigenvalue weighted by Gasteiger charge is -2.05. The molecule has 4 rings (SSSR count). The van der Waals surface area contributed by atoms with Gasteiger partial charge in [0.1, 0.15) is 0 Å². The Morgan fingerprint density at radius 3 is 2.76 bits per heavy atom. The zero-order valence-corrected chi connectivity index (χ0v) is 15.0. The van der Waals surface area contributed by atoms with Crippen molar-refractivity contribution in [1.29, 1.82) is 0 Å². The Balaban J connectivity index is 1.38. The first-order valence-corrected chi connectivity index (χ1v) is 9.12. The van der Waals surface area contributed by atoms with Gasteiger partial charge in [0.25, 0.3) is 0 Å². The molecule has 1 fully saturated rings. The highest BCUT2D eigenvalue weighted by atomic mass is 32.1. The number of carbonyl (C=O) groups excluding carboxylic acids is 1. The second-order valence-corrected chi connectivity index (χ2v) is 7.69. The van der Waals surface area contributed by atoms with Gasteiger partial charge in [-0.1, -0.05) is 30.3 Å². The number of benzene rings is 1. The SMILES string of the molecule is Cc1ccc([C@@H]2C[C@H]2C(=O)OCc2nnc(-c3ccccc3)n2C)s1. The van der Waals surface area contributed by atoms with Gasteiger partial charge in [0.05, 0.1) is 5.92 Å². The summed E-state index contributed by atoms with van der Waals surface area (Å²) in [6, 6.07) is 14.1. The quantitative estimate of drug-likeness (QED) is 0.656. The van der Waals surface area contributed by atoms with Gasteiger partial charge < -0.3 is 9.30 Å². The number of aryl methyl sites for hydroxylation is 1. The molecule has 128 valence electrons. The van der Waals surface area contributed by atoms with E-state index in [4.69, 9.17) is 4.74 Å². The van der Waals surface area contributed by atoms with Crippen LogP contribution in [0.3, 0.4) is 0 Å². The molecule has 0 aliphatic heterocycles. The van der Waals surface area contributed by atoms with Crippen LogP contribution in [-0.2, 0) is 23.2 Å². The van der Waals surface area contributed by atoms with Crippen LogP contribution in [0.2, 0.25) is 0 Å². The van der Waals surface area contributed by atoms with Crippen LogP contribution in [0.1, 0.15) is 27.9 Å². The van der Waals surface area contributed by atoms with E-state index in [1.807, 2.05) is 41.9 Å². The molecule has 2 aromatic heterocycles. The van der Waals surface area contributed by atoms with E-state index in [0.29, 0.717) is 11.7 Å². The number of aromatic nitrogens is 3. The van der Waals surface area contributed by atoms with E-state index in [9.17, 15) is 4.79 Å². The molecule has 2 heterocycles. The van der Waals surface area contributed by atoms with Gasteiger partial charge in [-0.3, -0.25) is 4.79 Å². The van der Waals surface area contributed by atoms with Gasteiger partial charge in [-0.25, -0.2) is 0 Å². The number of hydrogen-bond acceptors (Lipinski definition) is 5. The number of carbonyl (C=O) groups is 1. The standard InChI is InChI=1S/C19H19N3O2S/c1-12-8-9-16(25-12)14-10-15(14)19(23)24-11-17-20-21-18(22(17)2)13-6-4-3-5-7-13/h3-9,14-15H,10-11H2,1-2H3/t14-,15-/m1/s1. The van der Waals surface area contributed by atoms with Crippen LogP contribution >= 0.6 is 11.3 Å². The Labute approximate surface area is 150 Å². The Morgan fingerprint density at radius 2 is 2.04 bits per heavy atom. The molecule has 5 nitrogen and oxygen atoms in total. The molecule has 1 saturated carbocycles. The lowest BCUT2D eigenvalue weighted by Crippen LogP contribution is -2.10. The van der Waals surface area contributed by atoms with E-state index in [1.165, 1.54) is 9.75 Å². The molecule has 0 radical (unpaired) electrons. The third kappa shape index (κ3) is 3.22. The van der Waals surface area contributed by atoms with Gasteiger partial charge in [-0.2, -0.15) is 0 Å². The van der Waals surface area contributed by atoms with Crippen molar-refractivity contribution in [3.63, 3.8) is 0 Å². The minimum Gasteiger partial charge on any atom is -0.457 e. The van der Waals surface area contributed by atoms with Gasteiger partial charge in [0, 0.05) is 28.3 Å². The van der Waals surface area contributed by atoms with E-state index in [0.717, 1.165) is 17.8 Å². The van der Waals surface area contributed by atoms with Gasteiger partial charge in [0.15, 0.2) is 18.3 Å². The van der Waals surface area contributed by atoms with Crippen LogP contribution in [0.15, 0.2) is 42.5 Å². The smallest absolute Gasteiger partial charge is 0.310 e. The van der Waals surface area contributed by atoms with Crippen LogP contribution in [0.5, 0.6) is 0 Å². The van der Waals surface area contributed by atoms with E-state index >= 15 is 0 Å². The summed E-state index contributed by atoms with van der Waals surface area (Å²) < 4.78 is 7.35. The maximum atomic E-state index is 12.3. The number of ether oxygens (including phenoxy) is 1. The maximum Gasteiger partial charge on any atom is 0.310 e. The van der Waals surface area contributed by atoms with Gasteiger partial charge in [-0.05, 0) is 25.5 Å². The topological polar surface area (TPSA) is 57.0 Å². The highest BCUT2D eigenvalue weighted by Gasteiger charge is 2.46. The Morgan fingerprint density at radius 1 is 1.24 bits per heavy atom. The molecule has 6 heteroatoms. The van der Waals surface area contributed by atoms with Crippen LogP contribution in [0.4, 0.5) is 0 Å². The number of rotatable bonds is 5. The van der Waals surface area contributed by atoms with Crippen LogP contribution in [-0.4, -0.2) is 20.7 Å². The second kappa shape index (κ2) is 6.44. The summed E-state index contributed by atoms with van der Waals surface area (Å²) in [5.41, 5.74) is 0.991. The molecule has 0 amide bonds. The average molecular weight is 353 g/mol. The van der Waals surface area contributed by atoms with E-state index in [1.54, 1.807) is 11.3 Å². The molecule has 0 unspecified atom stereocenters. The second-order valence-electron chi connectivity index (χ2n) is 6.37. The third-order valence-electron chi connectivity index (χ3n) is 4.56. The summed E-state index contributed by atoms with van der Waals surface area (Å²) >= 11 is 1.76. The minimum atomic E-state index is -0.139. The minimum absolute atomic E-state index is 0.0140. The molecule has 0 bridgehead atoms. The molecular weight excluding hydrogens is 334 g/mol. The molecule has 3 aromatic rings. The van der Waals surface area contributed by atoms with E-state index < -0.39 is 0 Å². The van der Waals surface area contributed by atoms with Crippen molar-refractivity contribution in [3.05, 3.63) is 58.0 Å². The predicted molar refractivity (Wildman–Crippen MR) is 96.1 cm³/mol. The molecule has 25 heavy (non-hydrogen) atoms. The monoisotopic (exact) mass is 353 g/mol. The van der Waals surface area contributed by atoms with Crippen LogP contribution < -0.4 is 0 Å². The Bertz CT molecular complexity index is 901. The van der Waals surface area contributed by atoms with Crippen LogP contribution in [0.25, 0.3) is 11.4 Å². The Hall–Kier alpha value is -2.47. The van der Waals surface area contributed by atoms with E-state index in [-0.39, 0.29) is 18.5 Å². The molecule has 0 N–H and O–H groups in total. The summed E-state index contributed by atoms with van der Waals surface area (Å²) in [5, 5.41) is 8.38. The van der Waals surface area contributed by atoms with Gasteiger partial charge in [0.2, 0.25) is 0 Å². The van der Waals surface area contributed by atoms with Crippen molar-refractivity contribution in [2.45, 2.75) is 25.9 Å². The lowest BCUT2D eigenvalue weighted by molar-refractivity contribution is -0.146. The number of nitrogens with zero attached hydrogens (tertiary/aromatic N) is 3. The molecule has 1 aromatic carbocycles. The first-order valence-electron chi connectivity index (χ1n) is 8.30. The zero-order valence-electron chi connectivity index (χ0n) is 14.2. The van der Waals surface area contributed by atoms with Crippen molar-refractivity contribution >= 4 is 17.3 Å². The number of esters is 1. The number of thiophene rings is 1. The fraction of sp³-hybridized carbons (Fsp3) is 0.316. The zero-order chi connectivity index (χ0) is 17.4. The fourth-order valence-electron chi connectivity index (χ4n) is 2.99. The van der Waals surface area contributed by atoms with Crippen molar-refractivity contribution in [2.75, 3.05) is 0 Å². The third-order valence-corrected chi connectivity index (χ3v) is 5.69. The molecule has 2 atom stereocenters. The molecule has 1 aliphatic rings. The molecule has 1 aliphatic carbocycles. The summed E-state index contributed by atoms with van der Waals surface area (Å²) in [7, 11) is 1.89. The van der Waals surface area contributed by atoms with Crippen molar-refractivity contribution in [3.8, 4) is 11.4 Å². The first-order chi connectivity index (χ1) is 12.1. The molecule has 0 spiro atoms. The summed E-state index contributed by atoms with van der Waals surface area (Å²) in [5.74, 6) is 1.59. The maximum absolute atomic E-state index is 12.3. The molecular formula is C19H19N3O2S. The average Bonchev–Trinajstić information content (AvgIpc) is 3.18. The lowest BCUT2D eigenvalue weighted by atomic mass is 10.2. The fourth-order valence-corrected chi connectivity index (χ4v) is 4.05. The summed E-state index contributed by atoms with van der Waals surface area (Å²) in [4.78, 5) is 14.8. The van der Waals surface area contributed by atoms with Crippen molar-refractivity contribution < 1.29 is 9.53 Å². The first kappa shape index (κ1) is 16.0. The van der Waals surface area contributed by atoms with E-state index in [2.05, 4.69) is 29.3 Å². The van der Waals surface area contributed by atoms with Crippen molar-refractivity contribution in [2.24, 2.45) is 13.0 Å². The van der Waals surface area contributed by atoms with Gasteiger partial charge >= 0.3 is 5.97 Å². The Kier molecular flexibility index (Phi) is 4.13. The normalized spacial score (nSPS) is 19.0. The molecule has 0 saturated heterocycles. The van der Waals surface area contributed by atoms with Gasteiger partial charge in [-0.15, -0.1) is 21.5 Å². The highest BCUT2D eigenvalue weighted by Crippen LogP contribution is 2.50. The van der Waals surface area contributed by atoms with Crippen LogP contribution in [0, 0.1) is 12.8 Å².